The molecule has 0 aromatic rings. The summed E-state index contributed by atoms with van der Waals surface area (Å²) in [6.07, 6.45) is -3.56. The number of rotatable bonds is 5. The lowest BCUT2D eigenvalue weighted by atomic mass is 9.99. The van der Waals surface area contributed by atoms with Crippen LogP contribution in [0.25, 0.3) is 0 Å². The fourth-order valence-electron chi connectivity index (χ4n) is 0.668. The summed E-state index contributed by atoms with van der Waals surface area (Å²) in [5, 5.41) is 38.6. The third kappa shape index (κ3) is 3.52. The van der Waals surface area contributed by atoms with E-state index in [1.807, 2.05) is 0 Å². The fraction of sp³-hybridized carbons (Fsp3) is 0.500. The largest absolute Gasteiger partial charge is 1.00 e. The van der Waals surface area contributed by atoms with Crippen LogP contribution in [0, 0.1) is 5.92 Å². The standard InChI is InChI=1S/C6H8O7/c7-3(8)1-2(5(10)11)4(9)6(12)13/h2,4,9H,1H2,(H,7,8)(H,10,11)(H,12,13)/p-2. The van der Waals surface area contributed by atoms with E-state index < -0.39 is 36.4 Å². The van der Waals surface area contributed by atoms with Crippen molar-refractivity contribution in [3.63, 3.8) is 0 Å². The highest BCUT2D eigenvalue weighted by molar-refractivity contribution is 5.82. The van der Waals surface area contributed by atoms with Crippen LogP contribution >= 0.6 is 0 Å². The van der Waals surface area contributed by atoms with Crippen LogP contribution in [-0.4, -0.2) is 29.1 Å². The van der Waals surface area contributed by atoms with E-state index in [0.29, 0.717) is 0 Å². The molecule has 0 aromatic carbocycles. The van der Waals surface area contributed by atoms with Crippen LogP contribution in [0.1, 0.15) is 7.85 Å². The zero-order valence-corrected chi connectivity index (χ0v) is 6.26. The molecule has 0 heterocycles. The summed E-state index contributed by atoms with van der Waals surface area (Å²) in [6, 6.07) is 0. The molecule has 0 aromatic heterocycles. The Morgan fingerprint density at radius 2 is 1.62 bits per heavy atom. The Labute approximate surface area is 73.7 Å². The van der Waals surface area contributed by atoms with Crippen LogP contribution in [0.3, 0.4) is 0 Å². The van der Waals surface area contributed by atoms with Crippen LogP contribution in [-0.2, 0) is 14.4 Å². The summed E-state index contributed by atoms with van der Waals surface area (Å²) in [4.78, 5) is 30.0. The molecule has 2 unspecified atom stereocenters. The van der Waals surface area contributed by atoms with Crippen molar-refractivity contribution >= 4 is 17.9 Å². The Bertz CT molecular complexity index is 238. The van der Waals surface area contributed by atoms with Gasteiger partial charge in [-0.25, -0.2) is 0 Å². The summed E-state index contributed by atoms with van der Waals surface area (Å²) in [5.74, 6) is -7.92. The maximum absolute atomic E-state index is 10.1. The summed E-state index contributed by atoms with van der Waals surface area (Å²) < 4.78 is 0. The van der Waals surface area contributed by atoms with Gasteiger partial charge >= 0.3 is 1.43 Å². The Morgan fingerprint density at radius 3 is 1.85 bits per heavy atom. The van der Waals surface area contributed by atoms with Gasteiger partial charge in [-0.15, -0.1) is 0 Å². The molecule has 0 aliphatic rings. The van der Waals surface area contributed by atoms with Crippen LogP contribution in [0.15, 0.2) is 0 Å². The van der Waals surface area contributed by atoms with Gasteiger partial charge in [-0.2, -0.15) is 0 Å². The van der Waals surface area contributed by atoms with E-state index in [1.54, 1.807) is 0 Å². The van der Waals surface area contributed by atoms with Gasteiger partial charge in [-0.1, -0.05) is 0 Å². The first-order valence-corrected chi connectivity index (χ1v) is 3.16. The van der Waals surface area contributed by atoms with Crippen molar-refractivity contribution in [3.05, 3.63) is 0 Å². The molecule has 2 atom stereocenters. The van der Waals surface area contributed by atoms with E-state index in [9.17, 15) is 29.7 Å². The quantitative estimate of drug-likeness (QED) is 0.456. The monoisotopic (exact) mass is 190 g/mol. The Kier molecular flexibility index (Phi) is 3.86. The second-order valence-electron chi connectivity index (χ2n) is 2.27. The minimum absolute atomic E-state index is 0. The molecule has 0 amide bonds. The number of carbonyl (C=O) groups excluding carboxylic acids is 3. The SMILES string of the molecule is O=C([O-])CC(C(=O)[O-])C(O)C(=O)[O-].[H+]. The van der Waals surface area contributed by atoms with E-state index in [4.69, 9.17) is 5.11 Å². The molecule has 0 rings (SSSR count). The Morgan fingerprint density at radius 1 is 1.15 bits per heavy atom. The van der Waals surface area contributed by atoms with Crippen molar-refractivity contribution in [2.75, 3.05) is 0 Å². The molecule has 0 bridgehead atoms. The lowest BCUT2D eigenvalue weighted by molar-refractivity contribution is -0.334. The smallest absolute Gasteiger partial charge is 0.550 e. The number of hydrogen-bond acceptors (Lipinski definition) is 7. The van der Waals surface area contributed by atoms with Gasteiger partial charge in [-0.05, 0) is 6.42 Å². The number of aliphatic hydroxyl groups excluding tert-OH is 1. The fourth-order valence-corrected chi connectivity index (χ4v) is 0.668. The van der Waals surface area contributed by atoms with Gasteiger partial charge in [0.1, 0.15) is 6.10 Å². The zero-order chi connectivity index (χ0) is 10.6. The normalized spacial score (nSPS) is 14.5. The molecule has 0 aliphatic heterocycles. The minimum Gasteiger partial charge on any atom is -0.550 e. The van der Waals surface area contributed by atoms with E-state index in [-0.39, 0.29) is 1.43 Å². The summed E-state index contributed by atoms with van der Waals surface area (Å²) in [6.45, 7) is 0. The molecule has 1 N–H and O–H groups in total. The summed E-state index contributed by atoms with van der Waals surface area (Å²) in [7, 11) is 0. The first kappa shape index (κ1) is 11.4. The predicted octanol–water partition coefficient (Wildman–Crippen LogP) is -5.28. The van der Waals surface area contributed by atoms with Crippen LogP contribution in [0.2, 0.25) is 0 Å². The van der Waals surface area contributed by atoms with Gasteiger partial charge in [-0.3, -0.25) is 0 Å². The molecule has 0 saturated carbocycles. The first-order valence-electron chi connectivity index (χ1n) is 3.16. The molecule has 7 nitrogen and oxygen atoms in total. The maximum Gasteiger partial charge on any atom is 1.00 e. The maximum atomic E-state index is 10.1. The highest BCUT2D eigenvalue weighted by atomic mass is 16.4. The lowest BCUT2D eigenvalue weighted by Gasteiger charge is -2.24. The van der Waals surface area contributed by atoms with Crippen molar-refractivity contribution in [3.8, 4) is 0 Å². The zero-order valence-electron chi connectivity index (χ0n) is 7.26. The summed E-state index contributed by atoms with van der Waals surface area (Å²) >= 11 is 0. The molecule has 13 heavy (non-hydrogen) atoms. The topological polar surface area (TPSA) is 141 Å². The molecule has 74 valence electrons. The summed E-state index contributed by atoms with van der Waals surface area (Å²) in [5.41, 5.74) is 0. The first-order chi connectivity index (χ1) is 5.86. The number of carbonyl (C=O) groups is 3. The van der Waals surface area contributed by atoms with Gasteiger partial charge in [0, 0.05) is 17.9 Å². The van der Waals surface area contributed by atoms with Gasteiger partial charge in [0.25, 0.3) is 0 Å². The molecule has 0 aliphatic carbocycles. The lowest BCUT2D eigenvalue weighted by Crippen LogP contribution is -2.49. The number of aliphatic hydroxyl groups is 1. The molecule has 0 spiro atoms. The number of carboxylic acid groups (broad SMARTS) is 3. The molecular weight excluding hydrogens is 184 g/mol. The minimum atomic E-state index is -2.41. The third-order valence-electron chi connectivity index (χ3n) is 1.31. The Hall–Kier alpha value is -1.63. The van der Waals surface area contributed by atoms with Gasteiger partial charge < -0.3 is 34.8 Å². The van der Waals surface area contributed by atoms with Crippen molar-refractivity contribution < 1.29 is 36.2 Å². The van der Waals surface area contributed by atoms with Crippen molar-refractivity contribution in [1.29, 1.82) is 0 Å². The van der Waals surface area contributed by atoms with Crippen LogP contribution in [0.5, 0.6) is 0 Å². The Balaban J connectivity index is 0. The van der Waals surface area contributed by atoms with E-state index >= 15 is 0 Å². The molecule has 0 radical (unpaired) electrons. The highest BCUT2D eigenvalue weighted by Gasteiger charge is 2.21. The van der Waals surface area contributed by atoms with E-state index in [1.165, 1.54) is 0 Å². The van der Waals surface area contributed by atoms with Gasteiger partial charge in [0.15, 0.2) is 0 Å². The molecular formula is C6H6O7-2. The predicted molar refractivity (Wildman–Crippen MR) is 30.2 cm³/mol. The highest BCUT2D eigenvalue weighted by Crippen LogP contribution is 2.06. The number of carboxylic acids is 3. The van der Waals surface area contributed by atoms with Crippen molar-refractivity contribution in [1.82, 2.24) is 0 Å². The van der Waals surface area contributed by atoms with Gasteiger partial charge in [0.05, 0.1) is 5.97 Å². The van der Waals surface area contributed by atoms with Crippen molar-refractivity contribution in [2.45, 2.75) is 12.5 Å². The van der Waals surface area contributed by atoms with E-state index in [2.05, 4.69) is 0 Å². The molecule has 0 fully saturated rings. The average Bonchev–Trinajstić information content (AvgIpc) is 1.97. The number of hydrogen-bond donors (Lipinski definition) is 1. The average molecular weight is 190 g/mol. The van der Waals surface area contributed by atoms with Crippen LogP contribution < -0.4 is 15.3 Å². The van der Waals surface area contributed by atoms with Crippen LogP contribution in [0.4, 0.5) is 0 Å². The van der Waals surface area contributed by atoms with Gasteiger partial charge in [0.2, 0.25) is 0 Å². The molecule has 0 saturated heterocycles. The molecule has 7 heteroatoms. The number of aliphatic carboxylic acids is 3. The second-order valence-corrected chi connectivity index (χ2v) is 2.27. The third-order valence-corrected chi connectivity index (χ3v) is 1.31. The van der Waals surface area contributed by atoms with E-state index in [0.717, 1.165) is 0 Å². The van der Waals surface area contributed by atoms with Crippen molar-refractivity contribution in [2.24, 2.45) is 5.92 Å². The second kappa shape index (κ2) is 4.41.